The third-order valence-electron chi connectivity index (χ3n) is 3.64. The Morgan fingerprint density at radius 3 is 2.90 bits per heavy atom. The number of rotatable bonds is 7. The summed E-state index contributed by atoms with van der Waals surface area (Å²) in [5.74, 6) is 1.29. The molecule has 0 aliphatic carbocycles. The van der Waals surface area contributed by atoms with Crippen molar-refractivity contribution in [1.29, 1.82) is 0 Å². The third-order valence-corrected chi connectivity index (χ3v) is 4.37. The zero-order valence-corrected chi connectivity index (χ0v) is 13.7. The number of nitrogens with one attached hydrogen (secondary N) is 1. The van der Waals surface area contributed by atoms with Gasteiger partial charge in [-0.15, -0.1) is 0 Å². The number of aliphatic hydroxyl groups excluding tert-OH is 1. The Labute approximate surface area is 136 Å². The largest absolute Gasteiger partial charge is 0.491 e. The molecule has 1 aliphatic heterocycles. The van der Waals surface area contributed by atoms with Crippen molar-refractivity contribution < 1.29 is 9.84 Å². The highest BCUT2D eigenvalue weighted by atomic mass is 35.5. The van der Waals surface area contributed by atoms with E-state index in [9.17, 15) is 5.11 Å². The number of hydrogen-bond acceptors (Lipinski definition) is 4. The van der Waals surface area contributed by atoms with E-state index in [1.807, 2.05) is 0 Å². The molecular formula is C15H22Cl2N2O2. The maximum Gasteiger partial charge on any atom is 0.121 e. The number of nitrogens with zero attached hydrogens (tertiary/aromatic N) is 1. The van der Waals surface area contributed by atoms with Gasteiger partial charge in [-0.05, 0) is 44.6 Å². The zero-order valence-electron chi connectivity index (χ0n) is 12.2. The number of ether oxygens (including phenoxy) is 1. The summed E-state index contributed by atoms with van der Waals surface area (Å²) in [6.45, 7) is 3.99. The second kappa shape index (κ2) is 8.20. The van der Waals surface area contributed by atoms with Crippen molar-refractivity contribution in [2.24, 2.45) is 5.92 Å². The van der Waals surface area contributed by atoms with Crippen molar-refractivity contribution in [3.63, 3.8) is 0 Å². The molecule has 1 aromatic rings. The van der Waals surface area contributed by atoms with Crippen molar-refractivity contribution in [1.82, 2.24) is 10.2 Å². The van der Waals surface area contributed by atoms with Gasteiger partial charge in [-0.25, -0.2) is 0 Å². The lowest BCUT2D eigenvalue weighted by molar-refractivity contribution is 0.105. The fourth-order valence-electron chi connectivity index (χ4n) is 2.46. The maximum atomic E-state index is 9.90. The molecular weight excluding hydrogens is 311 g/mol. The lowest BCUT2D eigenvalue weighted by Gasteiger charge is -2.16. The molecule has 2 rings (SSSR count). The molecule has 6 heteroatoms. The van der Waals surface area contributed by atoms with Gasteiger partial charge in [0.05, 0.1) is 10.0 Å². The quantitative estimate of drug-likeness (QED) is 0.804. The number of hydrogen-bond donors (Lipinski definition) is 2. The molecule has 1 aliphatic rings. The van der Waals surface area contributed by atoms with Crippen LogP contribution in [0.2, 0.25) is 10.0 Å². The molecule has 0 bridgehead atoms. The summed E-state index contributed by atoms with van der Waals surface area (Å²) < 4.78 is 5.50. The first-order valence-corrected chi connectivity index (χ1v) is 7.95. The normalized spacial score (nSPS) is 20.7. The van der Waals surface area contributed by atoms with Crippen molar-refractivity contribution in [3.05, 3.63) is 28.2 Å². The molecule has 0 amide bonds. The van der Waals surface area contributed by atoms with Crippen LogP contribution in [-0.4, -0.2) is 55.9 Å². The van der Waals surface area contributed by atoms with E-state index in [0.29, 0.717) is 28.3 Å². The van der Waals surface area contributed by atoms with Gasteiger partial charge in [0.2, 0.25) is 0 Å². The van der Waals surface area contributed by atoms with Crippen LogP contribution in [0.5, 0.6) is 5.75 Å². The van der Waals surface area contributed by atoms with Gasteiger partial charge in [-0.1, -0.05) is 23.2 Å². The second-order valence-electron chi connectivity index (χ2n) is 5.62. The number of likely N-dealkylation sites (tertiary alicyclic amines) is 1. The van der Waals surface area contributed by atoms with E-state index in [1.165, 1.54) is 6.42 Å². The van der Waals surface area contributed by atoms with E-state index in [0.717, 1.165) is 19.6 Å². The predicted octanol–water partition coefficient (Wildman–Crippen LogP) is 2.27. The average Bonchev–Trinajstić information content (AvgIpc) is 2.86. The highest BCUT2D eigenvalue weighted by Gasteiger charge is 2.19. The molecule has 1 heterocycles. The molecule has 1 aromatic carbocycles. The zero-order chi connectivity index (χ0) is 15.2. The molecule has 2 unspecified atom stereocenters. The maximum absolute atomic E-state index is 9.90. The lowest BCUT2D eigenvalue weighted by atomic mass is 10.1. The van der Waals surface area contributed by atoms with Crippen LogP contribution in [0.4, 0.5) is 0 Å². The Bertz CT molecular complexity index is 459. The van der Waals surface area contributed by atoms with Crippen LogP contribution in [0.25, 0.3) is 0 Å². The van der Waals surface area contributed by atoms with Crippen LogP contribution in [0.3, 0.4) is 0 Å². The molecule has 21 heavy (non-hydrogen) atoms. The summed E-state index contributed by atoms with van der Waals surface area (Å²) in [6.07, 6.45) is 0.679. The molecule has 0 aromatic heterocycles. The number of benzene rings is 1. The first kappa shape index (κ1) is 16.8. The van der Waals surface area contributed by atoms with Crippen molar-refractivity contribution in [2.75, 3.05) is 39.8 Å². The van der Waals surface area contributed by atoms with Gasteiger partial charge in [0.15, 0.2) is 0 Å². The molecule has 4 nitrogen and oxygen atoms in total. The van der Waals surface area contributed by atoms with E-state index in [4.69, 9.17) is 27.9 Å². The highest BCUT2D eigenvalue weighted by molar-refractivity contribution is 6.42. The first-order valence-electron chi connectivity index (χ1n) is 7.20. The molecule has 0 radical (unpaired) electrons. The van der Waals surface area contributed by atoms with E-state index in [-0.39, 0.29) is 6.61 Å². The average molecular weight is 333 g/mol. The summed E-state index contributed by atoms with van der Waals surface area (Å²) in [7, 11) is 2.14. The van der Waals surface area contributed by atoms with Gasteiger partial charge in [-0.3, -0.25) is 0 Å². The highest BCUT2D eigenvalue weighted by Crippen LogP contribution is 2.26. The minimum atomic E-state index is -0.543. The standard InChI is InChI=1S/C15H22Cl2N2O2/c1-19-5-4-11(9-19)7-18-8-12(20)10-21-13-2-3-14(16)15(17)6-13/h2-3,6,11-12,18,20H,4-5,7-10H2,1H3. The van der Waals surface area contributed by atoms with Gasteiger partial charge in [0, 0.05) is 19.2 Å². The summed E-state index contributed by atoms with van der Waals surface area (Å²) in [5.41, 5.74) is 0. The van der Waals surface area contributed by atoms with Gasteiger partial charge in [0.1, 0.15) is 18.5 Å². The lowest BCUT2D eigenvalue weighted by Crippen LogP contribution is -2.34. The van der Waals surface area contributed by atoms with E-state index < -0.39 is 6.10 Å². The smallest absolute Gasteiger partial charge is 0.121 e. The summed E-state index contributed by atoms with van der Waals surface area (Å²) in [4.78, 5) is 2.33. The fourth-order valence-corrected chi connectivity index (χ4v) is 2.75. The fraction of sp³-hybridized carbons (Fsp3) is 0.600. The Kier molecular flexibility index (Phi) is 6.58. The number of aliphatic hydroxyl groups is 1. The van der Waals surface area contributed by atoms with Crippen molar-refractivity contribution in [2.45, 2.75) is 12.5 Å². The van der Waals surface area contributed by atoms with Crippen molar-refractivity contribution in [3.8, 4) is 5.75 Å². The molecule has 1 fully saturated rings. The van der Waals surface area contributed by atoms with Gasteiger partial charge < -0.3 is 20.1 Å². The minimum Gasteiger partial charge on any atom is -0.491 e. The Hall–Kier alpha value is -0.520. The van der Waals surface area contributed by atoms with Crippen LogP contribution in [0.15, 0.2) is 18.2 Å². The van der Waals surface area contributed by atoms with Gasteiger partial charge >= 0.3 is 0 Å². The molecule has 2 N–H and O–H groups in total. The Morgan fingerprint density at radius 2 is 2.24 bits per heavy atom. The number of halogens is 2. The summed E-state index contributed by atoms with van der Waals surface area (Å²) in [6, 6.07) is 5.07. The monoisotopic (exact) mass is 332 g/mol. The summed E-state index contributed by atoms with van der Waals surface area (Å²) in [5, 5.41) is 14.1. The van der Waals surface area contributed by atoms with Crippen LogP contribution >= 0.6 is 23.2 Å². The molecule has 118 valence electrons. The van der Waals surface area contributed by atoms with Crippen LogP contribution < -0.4 is 10.1 Å². The van der Waals surface area contributed by atoms with Crippen LogP contribution in [-0.2, 0) is 0 Å². The molecule has 0 saturated carbocycles. The van der Waals surface area contributed by atoms with Crippen LogP contribution in [0, 0.1) is 5.92 Å². The molecule has 0 spiro atoms. The minimum absolute atomic E-state index is 0.232. The van der Waals surface area contributed by atoms with Crippen molar-refractivity contribution >= 4 is 23.2 Å². The van der Waals surface area contributed by atoms with E-state index >= 15 is 0 Å². The topological polar surface area (TPSA) is 44.7 Å². The third kappa shape index (κ3) is 5.64. The van der Waals surface area contributed by atoms with E-state index in [1.54, 1.807) is 18.2 Å². The van der Waals surface area contributed by atoms with Gasteiger partial charge in [-0.2, -0.15) is 0 Å². The summed E-state index contributed by atoms with van der Waals surface area (Å²) >= 11 is 11.7. The van der Waals surface area contributed by atoms with Crippen LogP contribution in [0.1, 0.15) is 6.42 Å². The Balaban J connectivity index is 1.63. The first-order chi connectivity index (χ1) is 10.0. The SMILES string of the molecule is CN1CCC(CNCC(O)COc2ccc(Cl)c(Cl)c2)C1. The van der Waals surface area contributed by atoms with Gasteiger partial charge in [0.25, 0.3) is 0 Å². The van der Waals surface area contributed by atoms with E-state index in [2.05, 4.69) is 17.3 Å². The second-order valence-corrected chi connectivity index (χ2v) is 6.43. The molecule has 1 saturated heterocycles. The predicted molar refractivity (Wildman–Crippen MR) is 86.4 cm³/mol. The molecule has 2 atom stereocenters. The Morgan fingerprint density at radius 1 is 1.43 bits per heavy atom.